The molecule has 0 atom stereocenters. The van der Waals surface area contributed by atoms with Gasteiger partial charge in [-0.1, -0.05) is 12.1 Å². The zero-order valence-electron chi connectivity index (χ0n) is 18.7. The highest BCUT2D eigenvalue weighted by Crippen LogP contribution is 2.33. The average Bonchev–Trinajstić information content (AvgIpc) is 3.14. The van der Waals surface area contributed by atoms with E-state index in [1.807, 2.05) is 24.4 Å². The van der Waals surface area contributed by atoms with Gasteiger partial charge in [0, 0.05) is 18.3 Å². The minimum atomic E-state index is -0.0806. The largest absolute Gasteiger partial charge is 0.491 e. The number of fused-ring (bicyclic) bond motifs is 2. The lowest BCUT2D eigenvalue weighted by molar-refractivity contribution is 0.0957. The summed E-state index contributed by atoms with van der Waals surface area (Å²) in [5.41, 5.74) is 4.91. The summed E-state index contributed by atoms with van der Waals surface area (Å²) in [7, 11) is 2.19. The number of nitrogens with zero attached hydrogens (tertiary/aromatic N) is 3. The molecule has 7 heteroatoms. The maximum absolute atomic E-state index is 12.2. The van der Waals surface area contributed by atoms with E-state index in [1.165, 1.54) is 12.8 Å². The predicted octanol–water partition coefficient (Wildman–Crippen LogP) is 3.12. The minimum Gasteiger partial charge on any atom is -0.491 e. The lowest BCUT2D eigenvalue weighted by atomic mass is 9.96. The van der Waals surface area contributed by atoms with E-state index >= 15 is 0 Å². The van der Waals surface area contributed by atoms with Crippen molar-refractivity contribution in [3.8, 4) is 5.75 Å². The maximum Gasteiger partial charge on any atom is 0.255 e. The molecule has 1 aromatic carbocycles. The zero-order chi connectivity index (χ0) is 21.9. The highest BCUT2D eigenvalue weighted by atomic mass is 16.5. The van der Waals surface area contributed by atoms with Crippen molar-refractivity contribution in [1.29, 1.82) is 0 Å². The van der Waals surface area contributed by atoms with Gasteiger partial charge in [-0.2, -0.15) is 0 Å². The topological polar surface area (TPSA) is 79.4 Å². The third-order valence-corrected chi connectivity index (χ3v) is 6.69. The van der Waals surface area contributed by atoms with Crippen LogP contribution in [0.1, 0.15) is 52.9 Å². The standard InChI is InChI=1S/C25H31N5O2/c1-30-11-8-17(9-12-30)15-27-25-28-16-21-19(4-2-3-5-22(21)29-25)18-6-7-20-23(14-18)32-13-10-26-24(20)31/h4,6-7,14,16-17H,2-3,5,8-13,15H2,1H3,(H,26,31)(H,27,28,29). The Labute approximate surface area is 189 Å². The van der Waals surface area contributed by atoms with Gasteiger partial charge < -0.3 is 20.3 Å². The van der Waals surface area contributed by atoms with Crippen molar-refractivity contribution in [3.63, 3.8) is 0 Å². The Balaban J connectivity index is 1.37. The highest BCUT2D eigenvalue weighted by Gasteiger charge is 2.21. The van der Waals surface area contributed by atoms with Crippen molar-refractivity contribution in [1.82, 2.24) is 20.2 Å². The van der Waals surface area contributed by atoms with E-state index in [0.29, 0.717) is 30.4 Å². The summed E-state index contributed by atoms with van der Waals surface area (Å²) in [6, 6.07) is 5.84. The Morgan fingerprint density at radius 3 is 3.00 bits per heavy atom. The molecule has 1 saturated heterocycles. The van der Waals surface area contributed by atoms with Gasteiger partial charge in [0.2, 0.25) is 5.95 Å². The fraction of sp³-hybridized carbons (Fsp3) is 0.480. The quantitative estimate of drug-likeness (QED) is 0.771. The van der Waals surface area contributed by atoms with Crippen LogP contribution in [0.25, 0.3) is 5.57 Å². The summed E-state index contributed by atoms with van der Waals surface area (Å²) in [6.45, 7) is 4.26. The Morgan fingerprint density at radius 1 is 1.25 bits per heavy atom. The first-order chi connectivity index (χ1) is 15.7. The van der Waals surface area contributed by atoms with Crippen molar-refractivity contribution < 1.29 is 9.53 Å². The van der Waals surface area contributed by atoms with Gasteiger partial charge in [-0.3, -0.25) is 4.79 Å². The van der Waals surface area contributed by atoms with E-state index in [1.54, 1.807) is 0 Å². The number of carbonyl (C=O) groups excluding carboxylic acids is 1. The summed E-state index contributed by atoms with van der Waals surface area (Å²) in [6.07, 6.45) is 9.65. The fourth-order valence-electron chi connectivity index (χ4n) is 4.74. The van der Waals surface area contributed by atoms with Crippen LogP contribution in [0.5, 0.6) is 5.75 Å². The molecule has 0 unspecified atom stereocenters. The first-order valence-electron chi connectivity index (χ1n) is 11.7. The number of piperidine rings is 1. The van der Waals surface area contributed by atoms with Crippen LogP contribution < -0.4 is 15.4 Å². The number of aromatic nitrogens is 2. The normalized spacial score (nSPS) is 19.5. The van der Waals surface area contributed by atoms with Gasteiger partial charge in [0.1, 0.15) is 12.4 Å². The first kappa shape index (κ1) is 20.9. The van der Waals surface area contributed by atoms with Crippen molar-refractivity contribution >= 4 is 17.4 Å². The SMILES string of the molecule is CN1CCC(CNc2ncc3c(n2)CCCC=C3c2ccc3c(c2)OCCNC3=O)CC1. The second kappa shape index (κ2) is 9.28. The molecule has 2 aromatic rings. The fourth-order valence-corrected chi connectivity index (χ4v) is 4.74. The van der Waals surface area contributed by atoms with E-state index in [0.717, 1.165) is 67.2 Å². The van der Waals surface area contributed by atoms with Gasteiger partial charge in [-0.05, 0) is 81.4 Å². The Bertz CT molecular complexity index is 1030. The molecule has 168 valence electrons. The second-order valence-electron chi connectivity index (χ2n) is 9.01. The summed E-state index contributed by atoms with van der Waals surface area (Å²) in [5.74, 6) is 1.97. The molecule has 3 heterocycles. The minimum absolute atomic E-state index is 0.0806. The zero-order valence-corrected chi connectivity index (χ0v) is 18.7. The smallest absolute Gasteiger partial charge is 0.255 e. The van der Waals surface area contributed by atoms with E-state index < -0.39 is 0 Å². The molecule has 32 heavy (non-hydrogen) atoms. The molecule has 7 nitrogen and oxygen atoms in total. The number of amides is 1. The molecule has 0 radical (unpaired) electrons. The van der Waals surface area contributed by atoms with E-state index in [-0.39, 0.29) is 5.91 Å². The number of aryl methyl sites for hydroxylation is 1. The van der Waals surface area contributed by atoms with Crippen LogP contribution in [0.4, 0.5) is 5.95 Å². The van der Waals surface area contributed by atoms with Crippen LogP contribution in [-0.4, -0.2) is 60.6 Å². The van der Waals surface area contributed by atoms with Gasteiger partial charge in [-0.25, -0.2) is 9.97 Å². The van der Waals surface area contributed by atoms with Crippen LogP contribution in [-0.2, 0) is 6.42 Å². The third kappa shape index (κ3) is 4.48. The average molecular weight is 434 g/mol. The molecule has 2 aliphatic heterocycles. The molecule has 0 saturated carbocycles. The van der Waals surface area contributed by atoms with Gasteiger partial charge in [0.05, 0.1) is 17.8 Å². The molecule has 1 amide bonds. The van der Waals surface area contributed by atoms with Crippen LogP contribution in [0.2, 0.25) is 0 Å². The van der Waals surface area contributed by atoms with Crippen molar-refractivity contribution in [2.45, 2.75) is 32.1 Å². The number of hydrogen-bond acceptors (Lipinski definition) is 6. The van der Waals surface area contributed by atoms with Gasteiger partial charge >= 0.3 is 0 Å². The lowest BCUT2D eigenvalue weighted by Gasteiger charge is -2.29. The monoisotopic (exact) mass is 433 g/mol. The summed E-state index contributed by atoms with van der Waals surface area (Å²) in [4.78, 5) is 24.2. The first-order valence-corrected chi connectivity index (χ1v) is 11.7. The third-order valence-electron chi connectivity index (χ3n) is 6.69. The molecule has 1 fully saturated rings. The number of allylic oxidation sites excluding steroid dienone is 1. The van der Waals surface area contributed by atoms with E-state index in [2.05, 4.69) is 33.6 Å². The number of nitrogens with one attached hydrogen (secondary N) is 2. The van der Waals surface area contributed by atoms with Crippen LogP contribution in [0.3, 0.4) is 0 Å². The molecule has 1 aromatic heterocycles. The number of likely N-dealkylation sites (tertiary alicyclic amines) is 1. The number of ether oxygens (including phenoxy) is 1. The van der Waals surface area contributed by atoms with E-state index in [9.17, 15) is 4.79 Å². The molecule has 1 aliphatic carbocycles. The number of benzene rings is 1. The molecular formula is C25H31N5O2. The number of hydrogen-bond donors (Lipinski definition) is 2. The van der Waals surface area contributed by atoms with Crippen molar-refractivity contribution in [3.05, 3.63) is 52.9 Å². The maximum atomic E-state index is 12.2. The Hall–Kier alpha value is -2.93. The van der Waals surface area contributed by atoms with Gasteiger partial charge in [-0.15, -0.1) is 0 Å². The van der Waals surface area contributed by atoms with Crippen LogP contribution >= 0.6 is 0 Å². The molecule has 2 N–H and O–H groups in total. The van der Waals surface area contributed by atoms with E-state index in [4.69, 9.17) is 9.72 Å². The number of carbonyl (C=O) groups is 1. The van der Waals surface area contributed by atoms with Gasteiger partial charge in [0.15, 0.2) is 0 Å². The molecule has 0 bridgehead atoms. The molecule has 5 rings (SSSR count). The number of anilines is 1. The highest BCUT2D eigenvalue weighted by molar-refractivity contribution is 5.98. The predicted molar refractivity (Wildman–Crippen MR) is 125 cm³/mol. The Kier molecular flexibility index (Phi) is 6.08. The Morgan fingerprint density at radius 2 is 2.12 bits per heavy atom. The lowest BCUT2D eigenvalue weighted by Crippen LogP contribution is -2.33. The molecule has 0 spiro atoms. The summed E-state index contributed by atoms with van der Waals surface area (Å²) >= 11 is 0. The van der Waals surface area contributed by atoms with Crippen LogP contribution in [0.15, 0.2) is 30.5 Å². The van der Waals surface area contributed by atoms with Crippen molar-refractivity contribution in [2.75, 3.05) is 45.2 Å². The molecule has 3 aliphatic rings. The number of rotatable bonds is 4. The summed E-state index contributed by atoms with van der Waals surface area (Å²) in [5, 5.41) is 6.34. The van der Waals surface area contributed by atoms with Gasteiger partial charge in [0.25, 0.3) is 5.91 Å². The second-order valence-corrected chi connectivity index (χ2v) is 9.01. The van der Waals surface area contributed by atoms with Crippen molar-refractivity contribution in [2.24, 2.45) is 5.92 Å². The van der Waals surface area contributed by atoms with Crippen LogP contribution in [0, 0.1) is 5.92 Å². The summed E-state index contributed by atoms with van der Waals surface area (Å²) < 4.78 is 5.83. The molecular weight excluding hydrogens is 402 g/mol.